The van der Waals surface area contributed by atoms with Crippen LogP contribution in [0.4, 0.5) is 4.39 Å². The van der Waals surface area contributed by atoms with Crippen LogP contribution >= 0.6 is 0 Å². The maximum atomic E-state index is 13.9. The van der Waals surface area contributed by atoms with Crippen LogP contribution in [0.5, 0.6) is 0 Å². The van der Waals surface area contributed by atoms with Gasteiger partial charge < -0.3 is 10.2 Å². The highest BCUT2D eigenvalue weighted by atomic mass is 19.1. The molecule has 2 aliphatic heterocycles. The zero-order valence-corrected chi connectivity index (χ0v) is 13.7. The zero-order chi connectivity index (χ0) is 16.7. The summed E-state index contributed by atoms with van der Waals surface area (Å²) in [6.07, 6.45) is 6.02. The van der Waals surface area contributed by atoms with E-state index in [1.165, 1.54) is 23.6 Å². The van der Waals surface area contributed by atoms with E-state index in [0.717, 1.165) is 12.8 Å². The number of carbonyl (C=O) groups is 1. The molecule has 2 unspecified atom stereocenters. The molecule has 1 N–H and O–H groups in total. The first-order valence-electron chi connectivity index (χ1n) is 8.45. The summed E-state index contributed by atoms with van der Waals surface area (Å²) < 4.78 is 15.3. The fraction of sp³-hybridized carbons (Fsp3) is 0.444. The standard InChI is InChI=1S/C18H21FN4O/c1-22(14-10-12-6-7-13(11-14)20-12)18(24)16-8-9-23(21-16)17-5-3-2-4-15(17)19/h2-5,8-9,12-14,20H,6-7,10-11H2,1H3. The molecule has 0 aliphatic carbocycles. The molecule has 3 heterocycles. The summed E-state index contributed by atoms with van der Waals surface area (Å²) in [7, 11) is 1.85. The lowest BCUT2D eigenvalue weighted by Gasteiger charge is -2.35. The van der Waals surface area contributed by atoms with Gasteiger partial charge in [-0.2, -0.15) is 5.10 Å². The number of carbonyl (C=O) groups excluding carboxylic acids is 1. The topological polar surface area (TPSA) is 50.2 Å². The fourth-order valence-corrected chi connectivity index (χ4v) is 3.90. The van der Waals surface area contributed by atoms with Crippen LogP contribution in [0, 0.1) is 5.82 Å². The lowest BCUT2D eigenvalue weighted by molar-refractivity contribution is 0.0675. The molecule has 2 saturated heterocycles. The summed E-state index contributed by atoms with van der Waals surface area (Å²) in [4.78, 5) is 14.5. The van der Waals surface area contributed by atoms with Crippen LogP contribution in [0.3, 0.4) is 0 Å². The van der Waals surface area contributed by atoms with Crippen LogP contribution in [0.25, 0.3) is 5.69 Å². The molecule has 2 aromatic rings. The van der Waals surface area contributed by atoms with E-state index in [0.29, 0.717) is 23.5 Å². The number of aromatic nitrogens is 2. The molecule has 1 aromatic carbocycles. The molecule has 2 fully saturated rings. The first-order chi connectivity index (χ1) is 11.6. The van der Waals surface area contributed by atoms with Crippen molar-refractivity contribution in [2.24, 2.45) is 0 Å². The molecule has 5 nitrogen and oxygen atoms in total. The molecule has 126 valence electrons. The molecular weight excluding hydrogens is 307 g/mol. The number of nitrogens with zero attached hydrogens (tertiary/aromatic N) is 3. The van der Waals surface area contributed by atoms with Gasteiger partial charge in [0.05, 0.1) is 0 Å². The molecule has 1 amide bonds. The van der Waals surface area contributed by atoms with Crippen LogP contribution in [0.2, 0.25) is 0 Å². The van der Waals surface area contributed by atoms with Gasteiger partial charge in [0.25, 0.3) is 5.91 Å². The van der Waals surface area contributed by atoms with Crippen molar-refractivity contribution >= 4 is 5.91 Å². The zero-order valence-electron chi connectivity index (χ0n) is 13.7. The van der Waals surface area contributed by atoms with Crippen LogP contribution in [-0.2, 0) is 0 Å². The Balaban J connectivity index is 1.52. The van der Waals surface area contributed by atoms with E-state index < -0.39 is 0 Å². The van der Waals surface area contributed by atoms with Crippen molar-refractivity contribution in [3.63, 3.8) is 0 Å². The van der Waals surface area contributed by atoms with Crippen molar-refractivity contribution in [3.05, 3.63) is 48.0 Å². The van der Waals surface area contributed by atoms with Crippen molar-refractivity contribution in [1.82, 2.24) is 20.0 Å². The number of nitrogens with one attached hydrogen (secondary N) is 1. The van der Waals surface area contributed by atoms with Crippen LogP contribution in [-0.4, -0.2) is 45.8 Å². The quantitative estimate of drug-likeness (QED) is 0.941. The van der Waals surface area contributed by atoms with E-state index in [4.69, 9.17) is 0 Å². The van der Waals surface area contributed by atoms with Gasteiger partial charge in [0, 0.05) is 31.4 Å². The number of benzene rings is 1. The van der Waals surface area contributed by atoms with Gasteiger partial charge in [-0.1, -0.05) is 12.1 Å². The average molecular weight is 328 g/mol. The summed E-state index contributed by atoms with van der Waals surface area (Å²) in [6.45, 7) is 0. The number of para-hydroxylation sites is 1. The Kier molecular flexibility index (Phi) is 3.84. The Morgan fingerprint density at radius 2 is 1.96 bits per heavy atom. The second kappa shape index (κ2) is 6.02. The molecule has 24 heavy (non-hydrogen) atoms. The van der Waals surface area contributed by atoms with Crippen molar-refractivity contribution in [2.75, 3.05) is 7.05 Å². The SMILES string of the molecule is CN(C(=O)c1ccn(-c2ccccc2F)n1)C1CC2CCC(C1)N2. The lowest BCUT2D eigenvalue weighted by atomic mass is 9.98. The summed E-state index contributed by atoms with van der Waals surface area (Å²) in [5.41, 5.74) is 0.700. The van der Waals surface area contributed by atoms with Gasteiger partial charge in [-0.15, -0.1) is 0 Å². The summed E-state index contributed by atoms with van der Waals surface area (Å²) in [6, 6.07) is 9.36. The van der Waals surface area contributed by atoms with Gasteiger partial charge in [0.15, 0.2) is 5.69 Å². The first-order valence-corrected chi connectivity index (χ1v) is 8.45. The van der Waals surface area contributed by atoms with Gasteiger partial charge >= 0.3 is 0 Å². The largest absolute Gasteiger partial charge is 0.337 e. The van der Waals surface area contributed by atoms with E-state index >= 15 is 0 Å². The van der Waals surface area contributed by atoms with Crippen molar-refractivity contribution in [1.29, 1.82) is 0 Å². The van der Waals surface area contributed by atoms with Gasteiger partial charge in [-0.05, 0) is 43.9 Å². The molecule has 2 aliphatic rings. The summed E-state index contributed by atoms with van der Waals surface area (Å²) in [5.74, 6) is -0.459. The minimum absolute atomic E-state index is 0.101. The van der Waals surface area contributed by atoms with E-state index in [2.05, 4.69) is 10.4 Å². The normalized spacial score (nSPS) is 25.7. The second-order valence-corrected chi connectivity index (χ2v) is 6.78. The molecular formula is C18H21FN4O. The van der Waals surface area contributed by atoms with Gasteiger partial charge in [-0.3, -0.25) is 4.79 Å². The number of halogens is 1. The Hall–Kier alpha value is -2.21. The average Bonchev–Trinajstić information content (AvgIpc) is 3.20. The maximum Gasteiger partial charge on any atom is 0.274 e. The summed E-state index contributed by atoms with van der Waals surface area (Å²) >= 11 is 0. The molecule has 2 atom stereocenters. The molecule has 2 bridgehead atoms. The fourth-order valence-electron chi connectivity index (χ4n) is 3.90. The molecule has 0 radical (unpaired) electrons. The Labute approximate surface area is 140 Å². The van der Waals surface area contributed by atoms with E-state index in [-0.39, 0.29) is 17.8 Å². The van der Waals surface area contributed by atoms with Crippen LogP contribution in [0.15, 0.2) is 36.5 Å². The highest BCUT2D eigenvalue weighted by molar-refractivity contribution is 5.92. The number of hydrogen-bond acceptors (Lipinski definition) is 3. The second-order valence-electron chi connectivity index (χ2n) is 6.78. The van der Waals surface area contributed by atoms with Gasteiger partial charge in [-0.25, -0.2) is 9.07 Å². The third-order valence-corrected chi connectivity index (χ3v) is 5.22. The molecule has 0 spiro atoms. The number of piperidine rings is 1. The first kappa shape index (κ1) is 15.3. The highest BCUT2D eigenvalue weighted by Crippen LogP contribution is 2.29. The van der Waals surface area contributed by atoms with E-state index in [1.807, 2.05) is 7.05 Å². The number of rotatable bonds is 3. The predicted octanol–water partition coefficient (Wildman–Crippen LogP) is 2.37. The number of amides is 1. The van der Waals surface area contributed by atoms with Gasteiger partial charge in [0.1, 0.15) is 11.5 Å². The van der Waals surface area contributed by atoms with E-state index in [9.17, 15) is 9.18 Å². The molecule has 0 saturated carbocycles. The Morgan fingerprint density at radius 1 is 1.25 bits per heavy atom. The van der Waals surface area contributed by atoms with Crippen LogP contribution in [0.1, 0.15) is 36.2 Å². The maximum absolute atomic E-state index is 13.9. The predicted molar refractivity (Wildman–Crippen MR) is 88.6 cm³/mol. The van der Waals surface area contributed by atoms with Gasteiger partial charge in [0.2, 0.25) is 0 Å². The Morgan fingerprint density at radius 3 is 2.67 bits per heavy atom. The Bertz CT molecular complexity index is 747. The minimum atomic E-state index is -0.358. The third kappa shape index (κ3) is 2.71. The number of fused-ring (bicyclic) bond motifs is 2. The monoisotopic (exact) mass is 328 g/mol. The van der Waals surface area contributed by atoms with Crippen molar-refractivity contribution in [3.8, 4) is 5.69 Å². The summed E-state index contributed by atoms with van der Waals surface area (Å²) in [5, 5.41) is 7.87. The smallest absolute Gasteiger partial charge is 0.274 e. The lowest BCUT2D eigenvalue weighted by Crippen LogP contribution is -2.48. The molecule has 4 rings (SSSR count). The third-order valence-electron chi connectivity index (χ3n) is 5.22. The van der Waals surface area contributed by atoms with Crippen LogP contribution < -0.4 is 5.32 Å². The molecule has 1 aromatic heterocycles. The highest BCUT2D eigenvalue weighted by Gasteiger charge is 2.36. The minimum Gasteiger partial charge on any atom is -0.337 e. The molecule has 6 heteroatoms. The van der Waals surface area contributed by atoms with Crippen molar-refractivity contribution < 1.29 is 9.18 Å². The number of hydrogen-bond donors (Lipinski definition) is 1. The van der Waals surface area contributed by atoms with Crippen molar-refractivity contribution in [2.45, 2.75) is 43.8 Å². The van der Waals surface area contributed by atoms with E-state index in [1.54, 1.807) is 35.4 Å².